The Bertz CT molecular complexity index is 665. The van der Waals surface area contributed by atoms with E-state index in [-0.39, 0.29) is 78.5 Å². The molecule has 19 heteroatoms. The fourth-order valence-corrected chi connectivity index (χ4v) is 2.29. The van der Waals surface area contributed by atoms with Gasteiger partial charge in [0.25, 0.3) is 0 Å². The summed E-state index contributed by atoms with van der Waals surface area (Å²) in [6.45, 7) is 1.00. The fourth-order valence-electron chi connectivity index (χ4n) is 2.29. The zero-order chi connectivity index (χ0) is 34.4. The molecule has 0 aromatic carbocycles. The van der Waals surface area contributed by atoms with E-state index in [1.165, 1.54) is 0 Å². The van der Waals surface area contributed by atoms with E-state index in [9.17, 15) is 10.2 Å². The molecule has 0 saturated heterocycles. The van der Waals surface area contributed by atoms with Gasteiger partial charge in [0.2, 0.25) is 0 Å². The molecular weight excluding hydrogens is 1390 g/mol. The molecular formula is C28H46N4O12Rf3-6. The van der Waals surface area contributed by atoms with Crippen LogP contribution in [0.5, 0.6) is 0 Å². The molecule has 0 aliphatic rings. The van der Waals surface area contributed by atoms with Gasteiger partial charge in [0, 0.05) is 39.6 Å². The van der Waals surface area contributed by atoms with Gasteiger partial charge in [-0.3, -0.25) is 0 Å². The average molecular weight is 1430 g/mol. The van der Waals surface area contributed by atoms with Crippen LogP contribution in [0, 0.1) is 88.0 Å². The Morgan fingerprint density at radius 1 is 0.383 bits per heavy atom. The molecule has 0 aliphatic carbocycles. The van der Waals surface area contributed by atoms with Crippen molar-refractivity contribution in [3.8, 4) is 24.3 Å². The number of ether oxygens (including phenoxy) is 8. The largest absolute Gasteiger partial charge is 0.553 e. The number of hydrogen-bond acceptors (Lipinski definition) is 16. The predicted molar refractivity (Wildman–Crippen MR) is 152 cm³/mol. The maximum Gasteiger partial charge on any atom is 0.0976 e. The summed E-state index contributed by atoms with van der Waals surface area (Å²) in [6.07, 6.45) is -3.06. The van der Waals surface area contributed by atoms with E-state index in [0.29, 0.717) is 0 Å². The maximum atomic E-state index is 9.18. The number of hydrogen-bond donors (Lipinski definition) is 4. The summed E-state index contributed by atoms with van der Waals surface area (Å²) in [5, 5.41) is 69.4. The first kappa shape index (κ1) is 57.2. The third-order valence-electron chi connectivity index (χ3n) is 4.19. The van der Waals surface area contributed by atoms with Crippen LogP contribution < -0.4 is 0 Å². The summed E-state index contributed by atoms with van der Waals surface area (Å²) < 4.78 is 36.6. The first-order valence-corrected chi connectivity index (χ1v) is 12.8. The van der Waals surface area contributed by atoms with Crippen LogP contribution in [-0.4, -0.2) is 110 Å². The van der Waals surface area contributed by atoms with E-state index >= 15 is 0 Å². The number of aliphatic hydroxyl groups is 4. The second kappa shape index (κ2) is 47.4. The topological polar surface area (TPSA) is 250 Å². The molecule has 0 spiro atoms. The molecule has 47 heavy (non-hydrogen) atoms. The van der Waals surface area contributed by atoms with Crippen molar-refractivity contribution in [2.75, 3.05) is 52.9 Å². The van der Waals surface area contributed by atoms with Crippen LogP contribution in [0.4, 0.5) is 0 Å². The van der Waals surface area contributed by atoms with Crippen molar-refractivity contribution >= 4 is 0 Å². The minimum absolute atomic E-state index is 0. The molecule has 16 nitrogen and oxygen atoms in total. The predicted octanol–water partition coefficient (Wildman–Crippen LogP) is 0.663. The van der Waals surface area contributed by atoms with E-state index in [1.807, 2.05) is 24.3 Å². The van der Waals surface area contributed by atoms with Crippen LogP contribution in [-0.2, 0) is 37.9 Å². The average Bonchev–Trinajstić information content (AvgIpc) is 2.97. The van der Waals surface area contributed by atoms with Gasteiger partial charge in [-0.2, -0.15) is 21.0 Å². The molecule has 0 radical (unpaired) electrons. The van der Waals surface area contributed by atoms with Crippen molar-refractivity contribution in [2.45, 2.75) is 62.3 Å². The summed E-state index contributed by atoms with van der Waals surface area (Å²) >= 11 is 0. The third kappa shape index (κ3) is 50.4. The third-order valence-corrected chi connectivity index (χ3v) is 4.19. The van der Waals surface area contributed by atoms with Crippen molar-refractivity contribution in [1.29, 1.82) is 21.0 Å². The van der Waals surface area contributed by atoms with E-state index in [4.69, 9.17) is 40.7 Å². The van der Waals surface area contributed by atoms with Gasteiger partial charge in [-0.05, 0) is 0 Å². The van der Waals surface area contributed by atoms with Crippen LogP contribution in [0.2, 0.25) is 0 Å². The molecule has 0 rings (SSSR count). The van der Waals surface area contributed by atoms with Crippen LogP contribution in [0.25, 0.3) is 0 Å². The second-order valence-corrected chi connectivity index (χ2v) is 8.20. The summed E-state index contributed by atoms with van der Waals surface area (Å²) in [4.78, 5) is 0. The number of nitrogens with zero attached hydrogens (tertiary/aromatic N) is 4. The normalized spacial score (nSPS) is 10.8. The minimum atomic E-state index is -0.771. The van der Waals surface area contributed by atoms with Gasteiger partial charge in [0.05, 0.1) is 99.8 Å². The van der Waals surface area contributed by atoms with Crippen LogP contribution in [0.3, 0.4) is 0 Å². The van der Waals surface area contributed by atoms with Gasteiger partial charge in [-0.15, -0.1) is 0 Å². The first-order chi connectivity index (χ1) is 21.1. The second-order valence-electron chi connectivity index (χ2n) is 8.20. The molecule has 2 atom stereocenters. The van der Waals surface area contributed by atoms with Crippen LogP contribution >= 0.6 is 0 Å². The molecule has 0 fully saturated rings. The standard InChI is InChI=1S/2C9H13N2O3.2C5H10O3.3Rf/c2*1-13-6-8(12)7-14-9(2-4-10)3-5-11;2*1-7-3-5(6)4-8-2;;;/h2*8-9,12H,1-3,6-7H2;2*5-6H,1-4H2;;;/q2*-1;2*-2;;;. The summed E-state index contributed by atoms with van der Waals surface area (Å²) in [5.41, 5.74) is 0. The van der Waals surface area contributed by atoms with Crippen molar-refractivity contribution < 1.29 is 58.3 Å². The fraction of sp³-hybridized carbons (Fsp3) is 0.643. The number of rotatable bonds is 22. The zero-order valence-electron chi connectivity index (χ0n) is 27.2. The van der Waals surface area contributed by atoms with Crippen molar-refractivity contribution in [1.82, 2.24) is 0 Å². The van der Waals surface area contributed by atoms with Gasteiger partial charge in [-0.25, -0.2) is 42.7 Å². The molecule has 0 aromatic heterocycles. The summed E-state index contributed by atoms with van der Waals surface area (Å²) in [6, 6.07) is 7.63. The molecule has 4 N–H and O–H groups in total. The van der Waals surface area contributed by atoms with E-state index in [0.717, 1.165) is 0 Å². The van der Waals surface area contributed by atoms with Crippen molar-refractivity contribution in [3.05, 3.63) is 42.7 Å². The van der Waals surface area contributed by atoms with Gasteiger partial charge in [0.15, 0.2) is 0 Å². The van der Waals surface area contributed by atoms with Crippen LogP contribution in [0.15, 0.2) is 0 Å². The molecule has 0 saturated carbocycles. The molecule has 0 bridgehead atoms. The molecule has 0 amide bonds. The molecule has 0 aromatic rings. The summed E-state index contributed by atoms with van der Waals surface area (Å²) in [5.74, 6) is 0. The molecule has 2 unspecified atom stereocenters. The van der Waals surface area contributed by atoms with Gasteiger partial charge >= 0.3 is 0 Å². The Morgan fingerprint density at radius 3 is 0.702 bits per heavy atom. The first-order valence-electron chi connectivity index (χ1n) is 12.8. The maximum absolute atomic E-state index is 9.18. The Morgan fingerprint density at radius 2 is 0.553 bits per heavy atom. The molecule has 0 heterocycles. The van der Waals surface area contributed by atoms with E-state index < -0.39 is 36.6 Å². The van der Waals surface area contributed by atoms with Crippen LogP contribution in [0.1, 0.15) is 25.7 Å². The van der Waals surface area contributed by atoms with Crippen molar-refractivity contribution in [3.63, 3.8) is 0 Å². The molecule has 262 valence electrons. The Kier molecular flexibility index (Phi) is 57.7. The quantitative estimate of drug-likeness (QED) is 0.109. The minimum Gasteiger partial charge on any atom is -0.553 e. The Balaban J connectivity index is -0.0000000917. The smallest absolute Gasteiger partial charge is 0.0976 e. The number of nitriles is 4. The monoisotopic (exact) mass is 1430 g/mol. The van der Waals surface area contributed by atoms with E-state index in [1.54, 1.807) is 0 Å². The number of aliphatic hydroxyl groups excluding tert-OH is 4. The van der Waals surface area contributed by atoms with Crippen molar-refractivity contribution in [2.24, 2.45) is 0 Å². The SMILES string of the molecule is [CH2-]OCC(O)COC(CC#N)CC#N.[CH2-]OCC(O)COC(CC#N)CC#N.[CH2-]OCC(O)CO[CH2-].[CH2-]OCC(O)CO[CH2-].[Rf].[Rf].[Rf]. The Labute approximate surface area is 261 Å². The molecule has 0 aliphatic heterocycles. The van der Waals surface area contributed by atoms with E-state index in [2.05, 4.69) is 71.1 Å². The van der Waals surface area contributed by atoms with Gasteiger partial charge in [0.1, 0.15) is 0 Å². The van der Waals surface area contributed by atoms with Gasteiger partial charge < -0.3 is 58.3 Å². The summed E-state index contributed by atoms with van der Waals surface area (Å²) in [7, 11) is 18.5. The zero-order valence-corrected chi connectivity index (χ0v) is 46.4. The Hall–Kier alpha value is -5.52. The van der Waals surface area contributed by atoms with Gasteiger partial charge in [-0.1, -0.05) is 0 Å².